The van der Waals surface area contributed by atoms with E-state index in [1.807, 2.05) is 6.92 Å². The summed E-state index contributed by atoms with van der Waals surface area (Å²) in [5, 5.41) is 3.25. The second kappa shape index (κ2) is 5.70. The maximum atomic E-state index is 14.4. The van der Waals surface area contributed by atoms with Crippen molar-refractivity contribution in [2.24, 2.45) is 5.92 Å². The minimum Gasteiger partial charge on any atom is -0.375 e. The van der Waals surface area contributed by atoms with Crippen molar-refractivity contribution in [2.75, 3.05) is 6.54 Å². The Kier molecular flexibility index (Phi) is 4.11. The molecule has 2 fully saturated rings. The number of rotatable bonds is 4. The van der Waals surface area contributed by atoms with Crippen molar-refractivity contribution in [3.05, 3.63) is 33.8 Å². The number of fused-ring (bicyclic) bond motifs is 2. The molecule has 0 aromatic heterocycles. The number of benzene rings is 1. The van der Waals surface area contributed by atoms with E-state index in [2.05, 4.69) is 21.2 Å². The fourth-order valence-electron chi connectivity index (χ4n) is 3.54. The van der Waals surface area contributed by atoms with Crippen LogP contribution < -0.4 is 5.32 Å². The van der Waals surface area contributed by atoms with E-state index in [9.17, 15) is 8.78 Å². The van der Waals surface area contributed by atoms with Gasteiger partial charge in [0.2, 0.25) is 0 Å². The summed E-state index contributed by atoms with van der Waals surface area (Å²) in [7, 11) is 0. The van der Waals surface area contributed by atoms with Crippen molar-refractivity contribution >= 4 is 15.9 Å². The van der Waals surface area contributed by atoms with Gasteiger partial charge in [-0.3, -0.25) is 0 Å². The zero-order valence-electron chi connectivity index (χ0n) is 11.3. The highest BCUT2D eigenvalue weighted by atomic mass is 79.9. The average Bonchev–Trinajstić information content (AvgIpc) is 3.05. The quantitative estimate of drug-likeness (QED) is 0.834. The Hall–Kier alpha value is -0.520. The molecular formula is C15H18BrF2NO. The Morgan fingerprint density at radius 3 is 2.80 bits per heavy atom. The molecule has 4 atom stereocenters. The first-order valence-electron chi connectivity index (χ1n) is 7.14. The molecule has 2 nitrogen and oxygen atoms in total. The van der Waals surface area contributed by atoms with Crippen LogP contribution in [0.1, 0.15) is 37.8 Å². The fraction of sp³-hybridized carbons (Fsp3) is 0.600. The molecule has 1 aromatic carbocycles. The molecule has 0 radical (unpaired) electrons. The van der Waals surface area contributed by atoms with Gasteiger partial charge in [0.25, 0.3) is 0 Å². The van der Waals surface area contributed by atoms with Gasteiger partial charge in [-0.15, -0.1) is 0 Å². The summed E-state index contributed by atoms with van der Waals surface area (Å²) in [4.78, 5) is 0. The zero-order chi connectivity index (χ0) is 14.3. The summed E-state index contributed by atoms with van der Waals surface area (Å²) in [5.74, 6) is -0.842. The lowest BCUT2D eigenvalue weighted by Gasteiger charge is -2.30. The third-order valence-corrected chi connectivity index (χ3v) is 5.01. The maximum Gasteiger partial charge on any atom is 0.145 e. The van der Waals surface area contributed by atoms with Crippen LogP contribution in [0.3, 0.4) is 0 Å². The summed E-state index contributed by atoms with van der Waals surface area (Å²) in [6, 6.07) is 2.41. The summed E-state index contributed by atoms with van der Waals surface area (Å²) in [6.45, 7) is 2.62. The highest BCUT2D eigenvalue weighted by molar-refractivity contribution is 9.10. The average molecular weight is 346 g/mol. The van der Waals surface area contributed by atoms with E-state index < -0.39 is 11.6 Å². The van der Waals surface area contributed by atoms with Crippen molar-refractivity contribution in [3.63, 3.8) is 0 Å². The highest BCUT2D eigenvalue weighted by Gasteiger charge is 2.45. The van der Waals surface area contributed by atoms with Gasteiger partial charge in [0.1, 0.15) is 11.6 Å². The number of hydrogen-bond acceptors (Lipinski definition) is 2. The zero-order valence-corrected chi connectivity index (χ0v) is 12.9. The fourth-order valence-corrected chi connectivity index (χ4v) is 3.89. The number of nitrogens with one attached hydrogen (secondary N) is 1. The van der Waals surface area contributed by atoms with E-state index in [1.165, 1.54) is 12.1 Å². The highest BCUT2D eigenvalue weighted by Crippen LogP contribution is 2.46. The smallest absolute Gasteiger partial charge is 0.145 e. The topological polar surface area (TPSA) is 21.3 Å². The molecule has 0 amide bonds. The molecule has 1 N–H and O–H groups in total. The Morgan fingerprint density at radius 2 is 2.20 bits per heavy atom. The summed E-state index contributed by atoms with van der Waals surface area (Å²) >= 11 is 3.15. The molecular weight excluding hydrogens is 328 g/mol. The van der Waals surface area contributed by atoms with Crippen LogP contribution in [0.25, 0.3) is 0 Å². The Morgan fingerprint density at radius 1 is 1.40 bits per heavy atom. The summed E-state index contributed by atoms with van der Waals surface area (Å²) in [6.07, 6.45) is 3.34. The van der Waals surface area contributed by atoms with Crippen molar-refractivity contribution < 1.29 is 13.5 Å². The van der Waals surface area contributed by atoms with Crippen molar-refractivity contribution in [3.8, 4) is 0 Å². The first-order valence-corrected chi connectivity index (χ1v) is 7.93. The number of hydrogen-bond donors (Lipinski definition) is 1. The predicted octanol–water partition coefficient (Wildman–Crippen LogP) is 3.95. The van der Waals surface area contributed by atoms with Crippen LogP contribution in [-0.2, 0) is 4.74 Å². The molecule has 2 aliphatic heterocycles. The molecule has 1 aromatic rings. The van der Waals surface area contributed by atoms with E-state index in [-0.39, 0.29) is 29.7 Å². The van der Waals surface area contributed by atoms with Gasteiger partial charge in [0.05, 0.1) is 16.7 Å². The van der Waals surface area contributed by atoms with Crippen LogP contribution >= 0.6 is 15.9 Å². The molecule has 0 spiro atoms. The molecule has 2 saturated heterocycles. The normalized spacial score (nSPS) is 29.9. The molecule has 2 heterocycles. The van der Waals surface area contributed by atoms with Gasteiger partial charge in [-0.05, 0) is 53.9 Å². The molecule has 0 aliphatic carbocycles. The first-order chi connectivity index (χ1) is 9.61. The van der Waals surface area contributed by atoms with E-state index in [1.54, 1.807) is 0 Å². The van der Waals surface area contributed by atoms with Gasteiger partial charge in [-0.1, -0.05) is 6.92 Å². The maximum absolute atomic E-state index is 14.4. The van der Waals surface area contributed by atoms with Gasteiger partial charge in [-0.25, -0.2) is 8.78 Å². The van der Waals surface area contributed by atoms with Crippen molar-refractivity contribution in [1.29, 1.82) is 0 Å². The van der Waals surface area contributed by atoms with E-state index in [4.69, 9.17) is 4.74 Å². The van der Waals surface area contributed by atoms with Crippen LogP contribution in [0, 0.1) is 17.6 Å². The minimum absolute atomic E-state index is 0.127. The third kappa shape index (κ3) is 2.40. The molecule has 5 heteroatoms. The predicted molar refractivity (Wildman–Crippen MR) is 76.5 cm³/mol. The Bertz CT molecular complexity index is 511. The van der Waals surface area contributed by atoms with Crippen LogP contribution in [0.15, 0.2) is 16.6 Å². The molecule has 110 valence electrons. The van der Waals surface area contributed by atoms with Crippen LogP contribution in [-0.4, -0.2) is 18.8 Å². The number of ether oxygens (including phenoxy) is 1. The molecule has 0 saturated carbocycles. The van der Waals surface area contributed by atoms with Gasteiger partial charge < -0.3 is 10.1 Å². The SMILES string of the molecule is CCNC(c1c(F)ccc(Br)c1F)C1CC2CCC1O2. The number of halogens is 3. The molecule has 4 unspecified atom stereocenters. The first kappa shape index (κ1) is 14.4. The molecule has 20 heavy (non-hydrogen) atoms. The standard InChI is InChI=1S/C15H18BrF2NO/c1-2-19-15(9-7-8-3-6-12(9)20-8)13-11(17)5-4-10(16)14(13)18/h4-5,8-9,12,15,19H,2-3,6-7H2,1H3. The monoisotopic (exact) mass is 345 g/mol. The lowest BCUT2D eigenvalue weighted by atomic mass is 9.80. The van der Waals surface area contributed by atoms with Gasteiger partial charge in [-0.2, -0.15) is 0 Å². The minimum atomic E-state index is -0.501. The molecule has 2 aliphatic rings. The Balaban J connectivity index is 1.97. The van der Waals surface area contributed by atoms with Crippen LogP contribution in [0.4, 0.5) is 8.78 Å². The summed E-state index contributed by atoms with van der Waals surface area (Å²) in [5.41, 5.74) is 0.141. The lowest BCUT2D eigenvalue weighted by Crippen LogP contribution is -2.35. The van der Waals surface area contributed by atoms with E-state index >= 15 is 0 Å². The van der Waals surface area contributed by atoms with Crippen LogP contribution in [0.2, 0.25) is 0 Å². The van der Waals surface area contributed by atoms with Crippen LogP contribution in [0.5, 0.6) is 0 Å². The largest absolute Gasteiger partial charge is 0.375 e. The van der Waals surface area contributed by atoms with Gasteiger partial charge in [0.15, 0.2) is 0 Å². The second-order valence-electron chi connectivity index (χ2n) is 5.57. The van der Waals surface area contributed by atoms with Crippen molar-refractivity contribution in [1.82, 2.24) is 5.32 Å². The van der Waals surface area contributed by atoms with E-state index in [0.717, 1.165) is 19.3 Å². The second-order valence-corrected chi connectivity index (χ2v) is 6.42. The molecule has 2 bridgehead atoms. The summed E-state index contributed by atoms with van der Waals surface area (Å²) < 4.78 is 34.7. The third-order valence-electron chi connectivity index (χ3n) is 4.40. The van der Waals surface area contributed by atoms with E-state index in [0.29, 0.717) is 11.0 Å². The van der Waals surface area contributed by atoms with Gasteiger partial charge in [0, 0.05) is 17.5 Å². The Labute approximate surface area is 126 Å². The van der Waals surface area contributed by atoms with Gasteiger partial charge >= 0.3 is 0 Å². The molecule has 3 rings (SSSR count). The van der Waals surface area contributed by atoms with Crippen molar-refractivity contribution in [2.45, 2.75) is 44.4 Å². The lowest BCUT2D eigenvalue weighted by molar-refractivity contribution is 0.0852.